The third-order valence-electron chi connectivity index (χ3n) is 6.05. The molecule has 0 aliphatic heterocycles. The van der Waals surface area contributed by atoms with Crippen molar-refractivity contribution < 1.29 is 4.42 Å². The van der Waals surface area contributed by atoms with Crippen LogP contribution in [-0.4, -0.2) is 4.98 Å². The molecule has 0 aliphatic carbocycles. The van der Waals surface area contributed by atoms with Gasteiger partial charge in [-0.05, 0) is 40.8 Å². The third kappa shape index (κ3) is 3.33. The average molecular weight is 457 g/mol. The highest BCUT2D eigenvalue weighted by Crippen LogP contribution is 2.38. The van der Waals surface area contributed by atoms with Crippen LogP contribution in [0.25, 0.3) is 55.6 Å². The molecule has 0 saturated carbocycles. The van der Waals surface area contributed by atoms with Crippen LogP contribution in [0.5, 0.6) is 0 Å². The van der Waals surface area contributed by atoms with E-state index in [0.717, 1.165) is 49.7 Å². The van der Waals surface area contributed by atoms with Crippen LogP contribution in [0.15, 0.2) is 108 Å². The second-order valence-electron chi connectivity index (χ2n) is 8.05. The van der Waals surface area contributed by atoms with Crippen LogP contribution in [0, 0.1) is 11.3 Å². The summed E-state index contributed by atoms with van der Waals surface area (Å²) >= 11 is 6.72. The van der Waals surface area contributed by atoms with Gasteiger partial charge in [-0.15, -0.1) is 0 Å². The molecule has 1 heterocycles. The van der Waals surface area contributed by atoms with Crippen molar-refractivity contribution in [2.45, 2.75) is 0 Å². The van der Waals surface area contributed by atoms with E-state index in [1.54, 1.807) is 6.07 Å². The first kappa shape index (κ1) is 20.2. The highest BCUT2D eigenvalue weighted by molar-refractivity contribution is 6.33. The molecule has 0 bridgehead atoms. The number of hydrogen-bond donors (Lipinski definition) is 0. The van der Waals surface area contributed by atoms with Gasteiger partial charge in [0.15, 0.2) is 5.58 Å². The summed E-state index contributed by atoms with van der Waals surface area (Å²) in [5.74, 6) is 0.567. The normalized spacial score (nSPS) is 11.1. The van der Waals surface area contributed by atoms with E-state index in [9.17, 15) is 5.26 Å². The zero-order valence-electron chi connectivity index (χ0n) is 18.0. The number of rotatable bonds is 3. The van der Waals surface area contributed by atoms with Gasteiger partial charge in [-0.25, -0.2) is 4.98 Å². The van der Waals surface area contributed by atoms with Crippen LogP contribution in [0.3, 0.4) is 0 Å². The van der Waals surface area contributed by atoms with Crippen molar-refractivity contribution in [1.29, 1.82) is 5.26 Å². The van der Waals surface area contributed by atoms with Gasteiger partial charge >= 0.3 is 0 Å². The SMILES string of the molecule is N#Cc1ccccc1-c1ccc(-c2ccccc2-c2nc3ccc4ccccc4c3o2)cc1Cl. The van der Waals surface area contributed by atoms with Crippen molar-refractivity contribution in [1.82, 2.24) is 4.98 Å². The van der Waals surface area contributed by atoms with Gasteiger partial charge in [0.25, 0.3) is 0 Å². The molecule has 0 amide bonds. The maximum atomic E-state index is 9.48. The van der Waals surface area contributed by atoms with E-state index in [-0.39, 0.29) is 0 Å². The Bertz CT molecular complexity index is 1740. The number of fused-ring (bicyclic) bond motifs is 3. The Balaban J connectivity index is 1.48. The van der Waals surface area contributed by atoms with E-state index in [1.165, 1.54) is 0 Å². The molecule has 0 unspecified atom stereocenters. The minimum atomic E-state index is 0.567. The Morgan fingerprint density at radius 1 is 0.706 bits per heavy atom. The summed E-state index contributed by atoms with van der Waals surface area (Å²) in [6, 6.07) is 35.8. The van der Waals surface area contributed by atoms with Crippen LogP contribution in [0.1, 0.15) is 5.56 Å². The maximum absolute atomic E-state index is 9.48. The van der Waals surface area contributed by atoms with E-state index in [2.05, 4.69) is 24.3 Å². The Kier molecular flexibility index (Phi) is 4.87. The van der Waals surface area contributed by atoms with Crippen molar-refractivity contribution in [2.75, 3.05) is 0 Å². The number of benzene rings is 5. The summed E-state index contributed by atoms with van der Waals surface area (Å²) in [7, 11) is 0. The Labute approximate surface area is 201 Å². The van der Waals surface area contributed by atoms with Crippen LogP contribution in [0.4, 0.5) is 0 Å². The summed E-state index contributed by atoms with van der Waals surface area (Å²) < 4.78 is 6.30. The highest BCUT2D eigenvalue weighted by atomic mass is 35.5. The van der Waals surface area contributed by atoms with Gasteiger partial charge in [0.05, 0.1) is 11.6 Å². The van der Waals surface area contributed by atoms with Gasteiger partial charge < -0.3 is 4.42 Å². The lowest BCUT2D eigenvalue weighted by Gasteiger charge is -2.11. The van der Waals surface area contributed by atoms with Gasteiger partial charge in [-0.3, -0.25) is 0 Å². The Morgan fingerprint density at radius 2 is 1.44 bits per heavy atom. The van der Waals surface area contributed by atoms with Gasteiger partial charge in [-0.1, -0.05) is 90.5 Å². The molecule has 1 aromatic heterocycles. The summed E-state index contributed by atoms with van der Waals surface area (Å²) in [6.45, 7) is 0. The molecule has 3 nitrogen and oxygen atoms in total. The standard InChI is InChI=1S/C30H17ClN2O/c31-27-17-20(13-15-25(27)23-10-3-2-8-21(23)18-32)22-9-5-6-12-26(22)30-33-28-16-14-19-7-1-4-11-24(19)29(28)34-30/h1-17H. The smallest absolute Gasteiger partial charge is 0.227 e. The molecule has 0 atom stereocenters. The number of hydrogen-bond acceptors (Lipinski definition) is 3. The molecular formula is C30H17ClN2O. The van der Waals surface area contributed by atoms with E-state index in [0.29, 0.717) is 16.5 Å². The molecule has 0 saturated heterocycles. The lowest BCUT2D eigenvalue weighted by molar-refractivity contribution is 0.623. The molecular weight excluding hydrogens is 440 g/mol. The number of aromatic nitrogens is 1. The fourth-order valence-electron chi connectivity index (χ4n) is 4.41. The van der Waals surface area contributed by atoms with Crippen molar-refractivity contribution in [3.8, 4) is 39.8 Å². The van der Waals surface area contributed by atoms with Gasteiger partial charge in [-0.2, -0.15) is 5.26 Å². The van der Waals surface area contributed by atoms with E-state index in [4.69, 9.17) is 21.0 Å². The summed E-state index contributed by atoms with van der Waals surface area (Å²) in [5.41, 5.74) is 6.66. The lowest BCUT2D eigenvalue weighted by atomic mass is 9.95. The molecule has 0 aliphatic rings. The second-order valence-corrected chi connectivity index (χ2v) is 8.46. The quantitative estimate of drug-likeness (QED) is 0.268. The number of halogens is 1. The molecule has 160 valence electrons. The third-order valence-corrected chi connectivity index (χ3v) is 6.37. The van der Waals surface area contributed by atoms with Crippen molar-refractivity contribution in [3.05, 3.63) is 114 Å². The van der Waals surface area contributed by atoms with Crippen molar-refractivity contribution in [3.63, 3.8) is 0 Å². The summed E-state index contributed by atoms with van der Waals surface area (Å²) in [4.78, 5) is 4.79. The predicted octanol–water partition coefficient (Wildman–Crippen LogP) is 8.51. The minimum absolute atomic E-state index is 0.567. The molecule has 0 radical (unpaired) electrons. The molecule has 5 aromatic carbocycles. The minimum Gasteiger partial charge on any atom is -0.435 e. The number of nitriles is 1. The lowest BCUT2D eigenvalue weighted by Crippen LogP contribution is -1.88. The van der Waals surface area contributed by atoms with Gasteiger partial charge in [0, 0.05) is 27.1 Å². The second kappa shape index (κ2) is 8.19. The van der Waals surface area contributed by atoms with Crippen molar-refractivity contribution >= 4 is 33.5 Å². The summed E-state index contributed by atoms with van der Waals surface area (Å²) in [5, 5.41) is 12.2. The topological polar surface area (TPSA) is 49.8 Å². The number of oxazole rings is 1. The highest BCUT2D eigenvalue weighted by Gasteiger charge is 2.16. The first-order valence-electron chi connectivity index (χ1n) is 10.9. The zero-order chi connectivity index (χ0) is 23.1. The fourth-order valence-corrected chi connectivity index (χ4v) is 4.69. The van der Waals surface area contributed by atoms with Crippen LogP contribution in [0.2, 0.25) is 5.02 Å². The van der Waals surface area contributed by atoms with Crippen LogP contribution in [-0.2, 0) is 0 Å². The van der Waals surface area contributed by atoms with Gasteiger partial charge in [0.2, 0.25) is 5.89 Å². The fraction of sp³-hybridized carbons (Fsp3) is 0. The molecule has 34 heavy (non-hydrogen) atoms. The molecule has 6 aromatic rings. The van der Waals surface area contributed by atoms with E-state index >= 15 is 0 Å². The first-order chi connectivity index (χ1) is 16.7. The monoisotopic (exact) mass is 456 g/mol. The van der Waals surface area contributed by atoms with Crippen LogP contribution < -0.4 is 0 Å². The van der Waals surface area contributed by atoms with Crippen LogP contribution >= 0.6 is 11.6 Å². The summed E-state index contributed by atoms with van der Waals surface area (Å²) in [6.07, 6.45) is 0. The zero-order valence-corrected chi connectivity index (χ0v) is 18.8. The molecule has 6 rings (SSSR count). The molecule has 0 N–H and O–H groups in total. The van der Waals surface area contributed by atoms with E-state index in [1.807, 2.05) is 78.9 Å². The largest absolute Gasteiger partial charge is 0.435 e. The van der Waals surface area contributed by atoms with E-state index < -0.39 is 0 Å². The molecule has 0 spiro atoms. The average Bonchev–Trinajstić information content (AvgIpc) is 3.33. The predicted molar refractivity (Wildman–Crippen MR) is 138 cm³/mol. The van der Waals surface area contributed by atoms with Crippen molar-refractivity contribution in [2.24, 2.45) is 0 Å². The molecule has 0 fully saturated rings. The van der Waals surface area contributed by atoms with Gasteiger partial charge in [0.1, 0.15) is 5.52 Å². The Hall–Kier alpha value is -4.39. The first-order valence-corrected chi connectivity index (χ1v) is 11.3. The Morgan fingerprint density at radius 3 is 2.26 bits per heavy atom. The maximum Gasteiger partial charge on any atom is 0.227 e. The molecule has 4 heteroatoms. The number of nitrogens with zero attached hydrogens (tertiary/aromatic N) is 2.